The van der Waals surface area contributed by atoms with Gasteiger partial charge >= 0.3 is 5.97 Å². The summed E-state index contributed by atoms with van der Waals surface area (Å²) < 4.78 is 0. The molecule has 1 aromatic heterocycles. The maximum atomic E-state index is 10.5. The Labute approximate surface area is 81.2 Å². The highest BCUT2D eigenvalue weighted by molar-refractivity contribution is 7.07. The fourth-order valence-electron chi connectivity index (χ4n) is 1.66. The lowest BCUT2D eigenvalue weighted by molar-refractivity contribution is -0.138. The van der Waals surface area contributed by atoms with Gasteiger partial charge in [0.1, 0.15) is 0 Å². The van der Waals surface area contributed by atoms with Crippen molar-refractivity contribution in [2.24, 2.45) is 11.8 Å². The Balaban J connectivity index is 1.74. The lowest BCUT2D eigenvalue weighted by Crippen LogP contribution is -1.99. The summed E-state index contributed by atoms with van der Waals surface area (Å²) in [5, 5.41) is 12.9. The molecule has 3 heteroatoms. The fourth-order valence-corrected chi connectivity index (χ4v) is 2.36. The van der Waals surface area contributed by atoms with Crippen molar-refractivity contribution < 1.29 is 9.90 Å². The van der Waals surface area contributed by atoms with Crippen LogP contribution in [-0.2, 0) is 11.2 Å². The summed E-state index contributed by atoms with van der Waals surface area (Å²) in [6.07, 6.45) is 2.96. The van der Waals surface area contributed by atoms with Gasteiger partial charge in [-0.1, -0.05) is 0 Å². The Kier molecular flexibility index (Phi) is 2.36. The predicted octanol–water partition coefficient (Wildman–Crippen LogP) is 2.40. The summed E-state index contributed by atoms with van der Waals surface area (Å²) in [5.74, 6) is -0.216. The number of hydrogen-bond acceptors (Lipinski definition) is 2. The third kappa shape index (κ3) is 2.10. The Bertz CT molecular complexity index is 292. The highest BCUT2D eigenvalue weighted by atomic mass is 32.1. The van der Waals surface area contributed by atoms with E-state index in [0.717, 1.165) is 19.3 Å². The third-order valence-corrected chi connectivity index (χ3v) is 3.36. The molecule has 0 saturated heterocycles. The molecule has 0 spiro atoms. The number of carboxylic acid groups (broad SMARTS) is 1. The largest absolute Gasteiger partial charge is 0.481 e. The van der Waals surface area contributed by atoms with Gasteiger partial charge in [-0.3, -0.25) is 4.79 Å². The van der Waals surface area contributed by atoms with Crippen LogP contribution in [0.15, 0.2) is 16.8 Å². The van der Waals surface area contributed by atoms with Crippen LogP contribution in [0.25, 0.3) is 0 Å². The molecule has 13 heavy (non-hydrogen) atoms. The van der Waals surface area contributed by atoms with Crippen molar-refractivity contribution in [2.45, 2.75) is 19.3 Å². The number of aryl methyl sites for hydroxylation is 1. The van der Waals surface area contributed by atoms with E-state index in [2.05, 4.69) is 16.8 Å². The van der Waals surface area contributed by atoms with Gasteiger partial charge in [-0.2, -0.15) is 11.3 Å². The number of carbonyl (C=O) groups is 1. The second-order valence-electron chi connectivity index (χ2n) is 3.61. The Morgan fingerprint density at radius 3 is 3.08 bits per heavy atom. The molecular formula is C10H12O2S. The number of carboxylic acids is 1. The zero-order valence-electron chi connectivity index (χ0n) is 7.27. The smallest absolute Gasteiger partial charge is 0.306 e. The quantitative estimate of drug-likeness (QED) is 0.802. The van der Waals surface area contributed by atoms with Gasteiger partial charge in [-0.15, -0.1) is 0 Å². The van der Waals surface area contributed by atoms with Crippen LogP contribution >= 0.6 is 11.3 Å². The highest BCUT2D eigenvalue weighted by Crippen LogP contribution is 2.42. The van der Waals surface area contributed by atoms with Gasteiger partial charge in [0.05, 0.1) is 5.92 Å². The zero-order chi connectivity index (χ0) is 9.26. The number of thiophene rings is 1. The second-order valence-corrected chi connectivity index (χ2v) is 4.39. The van der Waals surface area contributed by atoms with Crippen LogP contribution in [0.3, 0.4) is 0 Å². The normalized spacial score (nSPS) is 25.8. The molecule has 1 aliphatic carbocycles. The van der Waals surface area contributed by atoms with Crippen LogP contribution in [0.1, 0.15) is 18.4 Å². The van der Waals surface area contributed by atoms with Crippen LogP contribution in [0.2, 0.25) is 0 Å². The van der Waals surface area contributed by atoms with Crippen molar-refractivity contribution >= 4 is 17.3 Å². The average Bonchev–Trinajstić information content (AvgIpc) is 2.70. The number of aliphatic carboxylic acids is 1. The highest BCUT2D eigenvalue weighted by Gasteiger charge is 2.42. The second kappa shape index (κ2) is 3.50. The van der Waals surface area contributed by atoms with Crippen LogP contribution in [0, 0.1) is 11.8 Å². The molecular weight excluding hydrogens is 184 g/mol. The Hall–Kier alpha value is -0.830. The van der Waals surface area contributed by atoms with E-state index in [4.69, 9.17) is 5.11 Å². The molecule has 2 rings (SSSR count). The molecule has 0 bridgehead atoms. The SMILES string of the molecule is O=C(O)C1CC1CCc1ccsc1. The summed E-state index contributed by atoms with van der Waals surface area (Å²) in [6.45, 7) is 0. The molecule has 0 amide bonds. The molecule has 1 aromatic rings. The molecule has 70 valence electrons. The maximum absolute atomic E-state index is 10.5. The summed E-state index contributed by atoms with van der Waals surface area (Å²) >= 11 is 1.70. The summed E-state index contributed by atoms with van der Waals surface area (Å²) in [4.78, 5) is 10.5. The molecule has 1 saturated carbocycles. The van der Waals surface area contributed by atoms with E-state index in [9.17, 15) is 4.79 Å². The minimum Gasteiger partial charge on any atom is -0.481 e. The van der Waals surface area contributed by atoms with Gasteiger partial charge in [-0.25, -0.2) is 0 Å². The average molecular weight is 196 g/mol. The molecule has 2 nitrogen and oxygen atoms in total. The molecule has 0 radical (unpaired) electrons. The van der Waals surface area contributed by atoms with Crippen LogP contribution < -0.4 is 0 Å². The fraction of sp³-hybridized carbons (Fsp3) is 0.500. The van der Waals surface area contributed by atoms with Crippen LogP contribution in [-0.4, -0.2) is 11.1 Å². The topological polar surface area (TPSA) is 37.3 Å². The van der Waals surface area contributed by atoms with E-state index in [0.29, 0.717) is 5.92 Å². The molecule has 2 atom stereocenters. The van der Waals surface area contributed by atoms with E-state index in [1.54, 1.807) is 11.3 Å². The molecule has 1 aliphatic rings. The van der Waals surface area contributed by atoms with Crippen molar-refractivity contribution in [1.82, 2.24) is 0 Å². The number of hydrogen-bond donors (Lipinski definition) is 1. The van der Waals surface area contributed by atoms with E-state index < -0.39 is 5.97 Å². The van der Waals surface area contributed by atoms with Gasteiger partial charge in [0.15, 0.2) is 0 Å². The van der Waals surface area contributed by atoms with Crippen LogP contribution in [0.4, 0.5) is 0 Å². The minimum absolute atomic E-state index is 0.0429. The summed E-state index contributed by atoms with van der Waals surface area (Å²) in [6, 6.07) is 2.11. The third-order valence-electron chi connectivity index (χ3n) is 2.62. The zero-order valence-corrected chi connectivity index (χ0v) is 8.09. The lowest BCUT2D eigenvalue weighted by atomic mass is 10.1. The first kappa shape index (κ1) is 8.75. The van der Waals surface area contributed by atoms with Crippen molar-refractivity contribution in [1.29, 1.82) is 0 Å². The van der Waals surface area contributed by atoms with E-state index in [-0.39, 0.29) is 5.92 Å². The van der Waals surface area contributed by atoms with E-state index >= 15 is 0 Å². The van der Waals surface area contributed by atoms with Gasteiger partial charge in [0.2, 0.25) is 0 Å². The molecule has 0 aromatic carbocycles. The Morgan fingerprint density at radius 2 is 2.54 bits per heavy atom. The predicted molar refractivity (Wildman–Crippen MR) is 51.9 cm³/mol. The summed E-state index contributed by atoms with van der Waals surface area (Å²) in [7, 11) is 0. The first-order valence-corrected chi connectivity index (χ1v) is 5.45. The number of rotatable bonds is 4. The molecule has 1 N–H and O–H groups in total. The summed E-state index contributed by atoms with van der Waals surface area (Å²) in [5.41, 5.74) is 1.35. The van der Waals surface area contributed by atoms with Crippen molar-refractivity contribution in [2.75, 3.05) is 0 Å². The molecule has 2 unspecified atom stereocenters. The van der Waals surface area contributed by atoms with Gasteiger partial charge in [0, 0.05) is 0 Å². The van der Waals surface area contributed by atoms with Crippen molar-refractivity contribution in [3.8, 4) is 0 Å². The minimum atomic E-state index is -0.615. The molecule has 0 aliphatic heterocycles. The monoisotopic (exact) mass is 196 g/mol. The molecule has 1 fully saturated rings. The van der Waals surface area contributed by atoms with E-state index in [1.165, 1.54) is 5.56 Å². The van der Waals surface area contributed by atoms with Gasteiger partial charge in [-0.05, 0) is 47.6 Å². The van der Waals surface area contributed by atoms with Gasteiger partial charge in [0.25, 0.3) is 0 Å². The van der Waals surface area contributed by atoms with E-state index in [1.807, 2.05) is 0 Å². The standard InChI is InChI=1S/C10H12O2S/c11-10(12)9-5-8(9)2-1-7-3-4-13-6-7/h3-4,6,8-9H,1-2,5H2,(H,11,12). The maximum Gasteiger partial charge on any atom is 0.306 e. The van der Waals surface area contributed by atoms with Crippen molar-refractivity contribution in [3.05, 3.63) is 22.4 Å². The lowest BCUT2D eigenvalue weighted by Gasteiger charge is -1.95. The molecule has 1 heterocycles. The Morgan fingerprint density at radius 1 is 1.69 bits per heavy atom. The van der Waals surface area contributed by atoms with Crippen LogP contribution in [0.5, 0.6) is 0 Å². The first-order valence-electron chi connectivity index (χ1n) is 4.51. The first-order chi connectivity index (χ1) is 6.27. The van der Waals surface area contributed by atoms with Gasteiger partial charge < -0.3 is 5.11 Å². The van der Waals surface area contributed by atoms with Crippen molar-refractivity contribution in [3.63, 3.8) is 0 Å².